The molecule has 1 fully saturated rings. The Morgan fingerprint density at radius 3 is 2.78 bits per heavy atom. The number of rotatable bonds is 5. The number of amides is 2. The zero-order valence-electron chi connectivity index (χ0n) is 13.4. The molecule has 1 aromatic rings. The number of nitrogens with one attached hydrogen (secondary N) is 2. The molecular formula is C16H23ClN2O3S. The number of urea groups is 1. The highest BCUT2D eigenvalue weighted by atomic mass is 35.5. The SMILES string of the molecule is CCS(=O)C1CCCCC1NC(=O)Nc1ccc(OC)cc1Cl. The van der Waals surface area contributed by atoms with Crippen molar-refractivity contribution in [2.75, 3.05) is 18.2 Å². The maximum absolute atomic E-state index is 12.2. The first-order chi connectivity index (χ1) is 11.0. The molecule has 128 valence electrons. The highest BCUT2D eigenvalue weighted by molar-refractivity contribution is 7.85. The molecule has 1 aliphatic rings. The lowest BCUT2D eigenvalue weighted by molar-refractivity contribution is 0.244. The molecule has 0 bridgehead atoms. The van der Waals surface area contributed by atoms with Crippen LogP contribution < -0.4 is 15.4 Å². The van der Waals surface area contributed by atoms with Crippen LogP contribution in [0.15, 0.2) is 18.2 Å². The molecule has 1 aliphatic carbocycles. The molecule has 0 saturated heterocycles. The fourth-order valence-electron chi connectivity index (χ4n) is 2.84. The second kappa shape index (κ2) is 8.55. The predicted octanol–water partition coefficient (Wildman–Crippen LogP) is 3.55. The van der Waals surface area contributed by atoms with E-state index in [2.05, 4.69) is 10.6 Å². The van der Waals surface area contributed by atoms with E-state index in [1.54, 1.807) is 25.3 Å². The summed E-state index contributed by atoms with van der Waals surface area (Å²) < 4.78 is 17.2. The van der Waals surface area contributed by atoms with E-state index in [1.807, 2.05) is 6.92 Å². The minimum Gasteiger partial charge on any atom is -0.497 e. The van der Waals surface area contributed by atoms with E-state index in [9.17, 15) is 9.00 Å². The Hall–Kier alpha value is -1.27. The van der Waals surface area contributed by atoms with Gasteiger partial charge in [-0.2, -0.15) is 0 Å². The first kappa shape index (κ1) is 18.1. The van der Waals surface area contributed by atoms with Gasteiger partial charge in [-0.15, -0.1) is 0 Å². The van der Waals surface area contributed by atoms with Crippen LogP contribution in [0.2, 0.25) is 5.02 Å². The van der Waals surface area contributed by atoms with E-state index >= 15 is 0 Å². The molecule has 0 aliphatic heterocycles. The van der Waals surface area contributed by atoms with Crippen molar-refractivity contribution < 1.29 is 13.7 Å². The van der Waals surface area contributed by atoms with Crippen molar-refractivity contribution >= 4 is 34.1 Å². The summed E-state index contributed by atoms with van der Waals surface area (Å²) in [5, 5.41) is 6.15. The Kier molecular flexibility index (Phi) is 6.72. The van der Waals surface area contributed by atoms with Gasteiger partial charge in [-0.25, -0.2) is 4.79 Å². The molecule has 2 rings (SSSR count). The number of hydrogen-bond acceptors (Lipinski definition) is 3. The Bertz CT molecular complexity index is 582. The predicted molar refractivity (Wildman–Crippen MR) is 94.9 cm³/mol. The van der Waals surface area contributed by atoms with E-state index in [0.29, 0.717) is 22.2 Å². The van der Waals surface area contributed by atoms with E-state index in [1.165, 1.54) is 0 Å². The minimum absolute atomic E-state index is 0.0332. The van der Waals surface area contributed by atoms with Crippen LogP contribution in [0.25, 0.3) is 0 Å². The first-order valence-corrected chi connectivity index (χ1v) is 9.59. The Balaban J connectivity index is 1.99. The van der Waals surface area contributed by atoms with Crippen molar-refractivity contribution in [2.24, 2.45) is 0 Å². The second-order valence-corrected chi connectivity index (χ2v) is 7.89. The standard InChI is InChI=1S/C16H23ClN2O3S/c1-3-23(21)15-7-5-4-6-14(15)19-16(20)18-13-9-8-11(22-2)10-12(13)17/h8-10,14-15H,3-7H2,1-2H3,(H2,18,19,20). The van der Waals surface area contributed by atoms with Crippen LogP contribution in [0.4, 0.5) is 10.5 Å². The molecule has 5 nitrogen and oxygen atoms in total. The van der Waals surface area contributed by atoms with Crippen molar-refractivity contribution in [3.63, 3.8) is 0 Å². The van der Waals surface area contributed by atoms with Gasteiger partial charge in [0.25, 0.3) is 0 Å². The first-order valence-electron chi connectivity index (χ1n) is 7.83. The lowest BCUT2D eigenvalue weighted by atomic mass is 9.95. The number of halogens is 1. The number of methoxy groups -OCH3 is 1. The van der Waals surface area contributed by atoms with Crippen molar-refractivity contribution in [1.82, 2.24) is 5.32 Å². The lowest BCUT2D eigenvalue weighted by Gasteiger charge is -2.31. The maximum atomic E-state index is 12.2. The van der Waals surface area contributed by atoms with Crippen LogP contribution in [0.3, 0.4) is 0 Å². The molecule has 3 atom stereocenters. The molecule has 0 spiro atoms. The van der Waals surface area contributed by atoms with Gasteiger partial charge >= 0.3 is 6.03 Å². The Morgan fingerprint density at radius 2 is 2.13 bits per heavy atom. The molecule has 1 saturated carbocycles. The van der Waals surface area contributed by atoms with Crippen LogP contribution in [0, 0.1) is 0 Å². The van der Waals surface area contributed by atoms with E-state index in [4.69, 9.17) is 16.3 Å². The van der Waals surface area contributed by atoms with Gasteiger partial charge in [0.2, 0.25) is 0 Å². The van der Waals surface area contributed by atoms with Crippen molar-refractivity contribution in [3.05, 3.63) is 23.2 Å². The molecule has 23 heavy (non-hydrogen) atoms. The molecule has 0 aromatic heterocycles. The zero-order valence-corrected chi connectivity index (χ0v) is 15.0. The van der Waals surface area contributed by atoms with Gasteiger partial charge in [-0.05, 0) is 25.0 Å². The fraction of sp³-hybridized carbons (Fsp3) is 0.562. The molecule has 7 heteroatoms. The van der Waals surface area contributed by atoms with Crippen LogP contribution in [0.5, 0.6) is 5.75 Å². The monoisotopic (exact) mass is 358 g/mol. The molecule has 0 heterocycles. The van der Waals surface area contributed by atoms with Gasteiger partial charge < -0.3 is 15.4 Å². The summed E-state index contributed by atoms with van der Waals surface area (Å²) >= 11 is 6.13. The number of ether oxygens (including phenoxy) is 1. The molecule has 1 aromatic carbocycles. The van der Waals surface area contributed by atoms with E-state index in [-0.39, 0.29) is 17.3 Å². The highest BCUT2D eigenvalue weighted by Crippen LogP contribution is 2.27. The summed E-state index contributed by atoms with van der Waals surface area (Å²) in [7, 11) is 0.658. The molecule has 3 unspecified atom stereocenters. The van der Waals surface area contributed by atoms with Crippen molar-refractivity contribution in [3.8, 4) is 5.75 Å². The summed E-state index contributed by atoms with van der Waals surface area (Å²) in [5.74, 6) is 1.25. The fourth-order valence-corrected chi connectivity index (χ4v) is 4.49. The molecule has 2 amide bonds. The number of carbonyl (C=O) groups excluding carboxylic acids is 1. The second-order valence-electron chi connectivity index (χ2n) is 5.54. The van der Waals surface area contributed by atoms with Crippen LogP contribution in [-0.4, -0.2) is 34.4 Å². The van der Waals surface area contributed by atoms with Crippen LogP contribution >= 0.6 is 11.6 Å². The third kappa shape index (κ3) is 4.85. The smallest absolute Gasteiger partial charge is 0.319 e. The maximum Gasteiger partial charge on any atom is 0.319 e. The third-order valence-corrected chi connectivity index (χ3v) is 6.19. The Labute approximate surface area is 144 Å². The van der Waals surface area contributed by atoms with Gasteiger partial charge in [-0.1, -0.05) is 31.4 Å². The lowest BCUT2D eigenvalue weighted by Crippen LogP contribution is -2.48. The summed E-state index contributed by atoms with van der Waals surface area (Å²) in [6.07, 6.45) is 3.88. The van der Waals surface area contributed by atoms with Crippen molar-refractivity contribution in [2.45, 2.75) is 43.9 Å². The topological polar surface area (TPSA) is 67.4 Å². The number of carbonyl (C=O) groups is 1. The number of anilines is 1. The molecule has 2 N–H and O–H groups in total. The van der Waals surface area contributed by atoms with Crippen molar-refractivity contribution in [1.29, 1.82) is 0 Å². The largest absolute Gasteiger partial charge is 0.497 e. The summed E-state index contributed by atoms with van der Waals surface area (Å²) in [6, 6.07) is 4.70. The number of hydrogen-bond donors (Lipinski definition) is 2. The van der Waals surface area contributed by atoms with Gasteiger partial charge in [0.1, 0.15) is 5.75 Å². The normalized spacial score (nSPS) is 22.2. The van der Waals surface area contributed by atoms with Gasteiger partial charge in [0.05, 0.1) is 23.1 Å². The van der Waals surface area contributed by atoms with Gasteiger partial charge in [0, 0.05) is 28.7 Å². The highest BCUT2D eigenvalue weighted by Gasteiger charge is 2.30. The Morgan fingerprint density at radius 1 is 1.39 bits per heavy atom. The average Bonchev–Trinajstić information content (AvgIpc) is 2.56. The molecular weight excluding hydrogens is 336 g/mol. The van der Waals surface area contributed by atoms with E-state index in [0.717, 1.165) is 25.7 Å². The van der Waals surface area contributed by atoms with Crippen LogP contribution in [0.1, 0.15) is 32.6 Å². The van der Waals surface area contributed by atoms with Crippen LogP contribution in [-0.2, 0) is 10.8 Å². The average molecular weight is 359 g/mol. The number of benzene rings is 1. The minimum atomic E-state index is -0.900. The summed E-state index contributed by atoms with van der Waals surface area (Å²) in [6.45, 7) is 1.92. The van der Waals surface area contributed by atoms with Gasteiger partial charge in [-0.3, -0.25) is 4.21 Å². The summed E-state index contributed by atoms with van der Waals surface area (Å²) in [4.78, 5) is 12.2. The third-order valence-electron chi connectivity index (χ3n) is 4.07. The molecule has 0 radical (unpaired) electrons. The quantitative estimate of drug-likeness (QED) is 0.845. The van der Waals surface area contributed by atoms with E-state index < -0.39 is 10.8 Å². The zero-order chi connectivity index (χ0) is 16.8. The summed E-state index contributed by atoms with van der Waals surface area (Å²) in [5.41, 5.74) is 0.522. The van der Waals surface area contributed by atoms with Gasteiger partial charge in [0.15, 0.2) is 0 Å².